The van der Waals surface area contributed by atoms with E-state index in [2.05, 4.69) is 20.6 Å². The van der Waals surface area contributed by atoms with Gasteiger partial charge in [-0.2, -0.15) is 0 Å². The van der Waals surface area contributed by atoms with Gasteiger partial charge in [0.2, 0.25) is 17.7 Å². The fourth-order valence-corrected chi connectivity index (χ4v) is 1.83. The van der Waals surface area contributed by atoms with Gasteiger partial charge in [0.25, 0.3) is 0 Å². The number of imidazole rings is 1. The van der Waals surface area contributed by atoms with Gasteiger partial charge in [-0.05, 0) is 0 Å². The topological polar surface area (TPSA) is 200 Å². The molecule has 2 unspecified atom stereocenters. The van der Waals surface area contributed by atoms with E-state index in [0.717, 1.165) is 0 Å². The minimum absolute atomic E-state index is 0.0481. The lowest BCUT2D eigenvalue weighted by atomic mass is 10.1. The van der Waals surface area contributed by atoms with Crippen LogP contribution in [0.15, 0.2) is 12.5 Å². The van der Waals surface area contributed by atoms with Crippen molar-refractivity contribution in [1.29, 1.82) is 0 Å². The zero-order chi connectivity index (χ0) is 18.8. The SMILES string of the molecule is NCC(=O)NC(Cc1cnc[nH]1)C(=O)NC(CO)C(=O)NCC(=O)O. The Morgan fingerprint density at radius 1 is 1.20 bits per heavy atom. The molecule has 0 saturated carbocycles. The Hall–Kier alpha value is -2.99. The maximum absolute atomic E-state index is 12.3. The first-order valence-corrected chi connectivity index (χ1v) is 7.24. The molecule has 0 aliphatic rings. The van der Waals surface area contributed by atoms with Gasteiger partial charge in [0.15, 0.2) is 0 Å². The highest BCUT2D eigenvalue weighted by Crippen LogP contribution is 2.00. The zero-order valence-electron chi connectivity index (χ0n) is 13.2. The Morgan fingerprint density at radius 3 is 2.44 bits per heavy atom. The number of H-pyrrole nitrogens is 1. The zero-order valence-corrected chi connectivity index (χ0v) is 13.2. The van der Waals surface area contributed by atoms with Crippen LogP contribution >= 0.6 is 0 Å². The Balaban J connectivity index is 2.75. The highest BCUT2D eigenvalue weighted by atomic mass is 16.4. The molecule has 0 bridgehead atoms. The van der Waals surface area contributed by atoms with E-state index in [1.165, 1.54) is 12.5 Å². The summed E-state index contributed by atoms with van der Waals surface area (Å²) in [5.41, 5.74) is 5.76. The summed E-state index contributed by atoms with van der Waals surface area (Å²) in [4.78, 5) is 52.6. The molecule has 12 nitrogen and oxygen atoms in total. The predicted molar refractivity (Wildman–Crippen MR) is 82.9 cm³/mol. The number of aliphatic carboxylic acids is 1. The standard InChI is InChI=1S/C13H20N6O6/c14-2-10(21)18-8(1-7-3-15-6-17-7)13(25)19-9(5-20)12(24)16-4-11(22)23/h3,6,8-9,20H,1-2,4-5,14H2,(H,15,17)(H,16,24)(H,18,21)(H,19,25)(H,22,23). The number of aromatic nitrogens is 2. The summed E-state index contributed by atoms with van der Waals surface area (Å²) in [5.74, 6) is -3.48. The fourth-order valence-electron chi connectivity index (χ4n) is 1.83. The van der Waals surface area contributed by atoms with Gasteiger partial charge in [-0.15, -0.1) is 0 Å². The number of nitrogens with two attached hydrogens (primary N) is 1. The third-order valence-electron chi connectivity index (χ3n) is 3.05. The van der Waals surface area contributed by atoms with Crippen LogP contribution in [0.25, 0.3) is 0 Å². The number of hydrogen-bond donors (Lipinski definition) is 7. The molecule has 0 aromatic carbocycles. The van der Waals surface area contributed by atoms with Gasteiger partial charge in [-0.3, -0.25) is 19.2 Å². The lowest BCUT2D eigenvalue weighted by molar-refractivity contribution is -0.138. The number of aromatic amines is 1. The quantitative estimate of drug-likeness (QED) is 0.220. The molecule has 1 aromatic rings. The van der Waals surface area contributed by atoms with E-state index in [-0.39, 0.29) is 13.0 Å². The molecule has 0 aliphatic heterocycles. The van der Waals surface area contributed by atoms with Gasteiger partial charge < -0.3 is 36.9 Å². The van der Waals surface area contributed by atoms with Crippen molar-refractivity contribution in [2.24, 2.45) is 5.73 Å². The van der Waals surface area contributed by atoms with Gasteiger partial charge in [-0.1, -0.05) is 0 Å². The summed E-state index contributed by atoms with van der Waals surface area (Å²) in [5, 5.41) is 24.4. The summed E-state index contributed by atoms with van der Waals surface area (Å²) in [6, 6.07) is -2.44. The first kappa shape index (κ1) is 20.1. The van der Waals surface area contributed by atoms with Crippen molar-refractivity contribution in [1.82, 2.24) is 25.9 Å². The monoisotopic (exact) mass is 356 g/mol. The molecule has 0 radical (unpaired) electrons. The molecule has 25 heavy (non-hydrogen) atoms. The molecule has 12 heteroatoms. The van der Waals surface area contributed by atoms with Crippen LogP contribution in [0.4, 0.5) is 0 Å². The van der Waals surface area contributed by atoms with Crippen molar-refractivity contribution in [3.8, 4) is 0 Å². The molecule has 8 N–H and O–H groups in total. The maximum Gasteiger partial charge on any atom is 0.322 e. The van der Waals surface area contributed by atoms with E-state index in [9.17, 15) is 24.3 Å². The lowest BCUT2D eigenvalue weighted by Crippen LogP contribution is -2.56. The first-order valence-electron chi connectivity index (χ1n) is 7.24. The number of aliphatic hydroxyl groups is 1. The van der Waals surface area contributed by atoms with E-state index >= 15 is 0 Å². The average Bonchev–Trinajstić information content (AvgIpc) is 3.09. The molecule has 1 rings (SSSR count). The summed E-state index contributed by atoms with van der Waals surface area (Å²) in [6.45, 7) is -1.75. The van der Waals surface area contributed by atoms with Crippen LogP contribution in [0.1, 0.15) is 5.69 Å². The molecular formula is C13H20N6O6. The lowest BCUT2D eigenvalue weighted by Gasteiger charge is -2.21. The third-order valence-corrected chi connectivity index (χ3v) is 3.05. The Kier molecular flexibility index (Phi) is 8.02. The number of rotatable bonds is 10. The van der Waals surface area contributed by atoms with Crippen molar-refractivity contribution in [2.45, 2.75) is 18.5 Å². The Morgan fingerprint density at radius 2 is 1.92 bits per heavy atom. The van der Waals surface area contributed by atoms with Crippen LogP contribution < -0.4 is 21.7 Å². The van der Waals surface area contributed by atoms with Gasteiger partial charge in [-0.25, -0.2) is 4.98 Å². The molecule has 1 heterocycles. The summed E-state index contributed by atoms with van der Waals surface area (Å²) >= 11 is 0. The summed E-state index contributed by atoms with van der Waals surface area (Å²) in [6.07, 6.45) is 2.90. The third kappa shape index (κ3) is 6.97. The van der Waals surface area contributed by atoms with Crippen LogP contribution in [-0.2, 0) is 25.6 Å². The van der Waals surface area contributed by atoms with E-state index in [1.54, 1.807) is 0 Å². The highest BCUT2D eigenvalue weighted by Gasteiger charge is 2.26. The van der Waals surface area contributed by atoms with E-state index in [4.69, 9.17) is 10.8 Å². The molecule has 0 saturated heterocycles. The van der Waals surface area contributed by atoms with Crippen LogP contribution in [0.5, 0.6) is 0 Å². The van der Waals surface area contributed by atoms with Crippen molar-refractivity contribution in [2.75, 3.05) is 19.7 Å². The highest BCUT2D eigenvalue weighted by molar-refractivity contribution is 5.93. The minimum Gasteiger partial charge on any atom is -0.480 e. The number of carbonyl (C=O) groups is 4. The number of carboxylic acids is 1. The Bertz CT molecular complexity index is 604. The minimum atomic E-state index is -1.37. The summed E-state index contributed by atoms with van der Waals surface area (Å²) < 4.78 is 0. The second kappa shape index (κ2) is 10.00. The van der Waals surface area contributed by atoms with Crippen molar-refractivity contribution in [3.63, 3.8) is 0 Å². The molecule has 138 valence electrons. The number of amides is 3. The van der Waals surface area contributed by atoms with Crippen LogP contribution in [0.3, 0.4) is 0 Å². The smallest absolute Gasteiger partial charge is 0.322 e. The molecule has 0 aliphatic carbocycles. The fraction of sp³-hybridized carbons (Fsp3) is 0.462. The van der Waals surface area contributed by atoms with Crippen molar-refractivity contribution >= 4 is 23.7 Å². The number of carboxylic acid groups (broad SMARTS) is 1. The van der Waals surface area contributed by atoms with Gasteiger partial charge in [0.1, 0.15) is 18.6 Å². The number of aliphatic hydroxyl groups excluding tert-OH is 1. The largest absolute Gasteiger partial charge is 0.480 e. The predicted octanol–water partition coefficient (Wildman–Crippen LogP) is -3.93. The first-order chi connectivity index (χ1) is 11.9. The molecule has 3 amide bonds. The van der Waals surface area contributed by atoms with E-state index in [0.29, 0.717) is 5.69 Å². The number of nitrogens with zero attached hydrogens (tertiary/aromatic N) is 1. The van der Waals surface area contributed by atoms with Gasteiger partial charge in [0, 0.05) is 18.3 Å². The molecule has 2 atom stereocenters. The number of carbonyl (C=O) groups excluding carboxylic acids is 3. The molecule has 0 fully saturated rings. The van der Waals surface area contributed by atoms with Crippen LogP contribution in [0, 0.1) is 0 Å². The molecule has 0 spiro atoms. The molecule has 1 aromatic heterocycles. The van der Waals surface area contributed by atoms with Gasteiger partial charge >= 0.3 is 5.97 Å². The van der Waals surface area contributed by atoms with Gasteiger partial charge in [0.05, 0.1) is 19.5 Å². The van der Waals surface area contributed by atoms with E-state index in [1.807, 2.05) is 5.32 Å². The maximum atomic E-state index is 12.3. The number of hydrogen-bond acceptors (Lipinski definition) is 7. The second-order valence-electron chi connectivity index (χ2n) is 4.96. The van der Waals surface area contributed by atoms with Crippen molar-refractivity contribution < 1.29 is 29.4 Å². The summed E-state index contributed by atoms with van der Waals surface area (Å²) in [7, 11) is 0. The van der Waals surface area contributed by atoms with Crippen LogP contribution in [0.2, 0.25) is 0 Å². The van der Waals surface area contributed by atoms with Crippen molar-refractivity contribution in [3.05, 3.63) is 18.2 Å². The number of nitrogens with one attached hydrogen (secondary N) is 4. The van der Waals surface area contributed by atoms with Crippen LogP contribution in [-0.4, -0.2) is 75.7 Å². The van der Waals surface area contributed by atoms with E-state index < -0.39 is 48.9 Å². The average molecular weight is 356 g/mol. The second-order valence-corrected chi connectivity index (χ2v) is 4.96. The normalized spacial score (nSPS) is 12.7. The molecular weight excluding hydrogens is 336 g/mol. The Labute approximate surface area is 142 Å².